The topological polar surface area (TPSA) is 67.9 Å². The Morgan fingerprint density at radius 3 is 2.41 bits per heavy atom. The molecule has 8 heteroatoms. The average Bonchev–Trinajstić information content (AvgIpc) is 2.70. The zero-order valence-corrected chi connectivity index (χ0v) is 16.1. The smallest absolute Gasteiger partial charge is 0.337 e. The van der Waals surface area contributed by atoms with E-state index < -0.39 is 5.97 Å². The minimum Gasteiger partial charge on any atom is -0.465 e. The van der Waals surface area contributed by atoms with Gasteiger partial charge < -0.3 is 19.7 Å². The lowest BCUT2D eigenvalue weighted by Gasteiger charge is -2.30. The highest BCUT2D eigenvalue weighted by Gasteiger charge is 2.19. The molecule has 0 radical (unpaired) electrons. The summed E-state index contributed by atoms with van der Waals surface area (Å²) in [5.74, 6) is -0.835. The van der Waals surface area contributed by atoms with E-state index >= 15 is 0 Å². The van der Waals surface area contributed by atoms with Crippen molar-refractivity contribution < 1.29 is 19.1 Å². The summed E-state index contributed by atoms with van der Waals surface area (Å²) in [7, 11) is 1.31. The number of morpholine rings is 1. The van der Waals surface area contributed by atoms with Gasteiger partial charge in [-0.15, -0.1) is 0 Å². The number of halogens is 2. The molecular formula is C19H18Cl2N2O4. The molecule has 2 aromatic carbocycles. The van der Waals surface area contributed by atoms with Gasteiger partial charge in [0.25, 0.3) is 5.91 Å². The number of nitrogens with zero attached hydrogens (tertiary/aromatic N) is 1. The van der Waals surface area contributed by atoms with Gasteiger partial charge in [0.1, 0.15) is 0 Å². The predicted molar refractivity (Wildman–Crippen MR) is 105 cm³/mol. The van der Waals surface area contributed by atoms with E-state index in [1.165, 1.54) is 13.2 Å². The number of anilines is 2. The monoisotopic (exact) mass is 408 g/mol. The van der Waals surface area contributed by atoms with E-state index in [0.717, 1.165) is 5.69 Å². The highest BCUT2D eigenvalue weighted by Crippen LogP contribution is 2.30. The Morgan fingerprint density at radius 2 is 1.74 bits per heavy atom. The Labute approximate surface area is 167 Å². The largest absolute Gasteiger partial charge is 0.465 e. The number of carbonyl (C=O) groups excluding carboxylic acids is 2. The minimum absolute atomic E-state index is 0.293. The van der Waals surface area contributed by atoms with Crippen LogP contribution in [0.15, 0.2) is 36.4 Å². The summed E-state index contributed by atoms with van der Waals surface area (Å²) in [6, 6.07) is 9.71. The van der Waals surface area contributed by atoms with Gasteiger partial charge in [-0.25, -0.2) is 4.79 Å². The minimum atomic E-state index is -0.478. The van der Waals surface area contributed by atoms with Crippen LogP contribution in [0.2, 0.25) is 10.0 Å². The summed E-state index contributed by atoms with van der Waals surface area (Å²) in [6.07, 6.45) is 0. The Hall–Kier alpha value is -2.28. The Kier molecular flexibility index (Phi) is 6.21. The maximum absolute atomic E-state index is 12.7. The fourth-order valence-electron chi connectivity index (χ4n) is 2.79. The molecule has 0 atom stereocenters. The normalized spacial score (nSPS) is 14.0. The Morgan fingerprint density at radius 1 is 1.04 bits per heavy atom. The number of hydrogen-bond donors (Lipinski definition) is 1. The van der Waals surface area contributed by atoms with Gasteiger partial charge >= 0.3 is 5.97 Å². The molecule has 3 rings (SSSR count). The van der Waals surface area contributed by atoms with Crippen molar-refractivity contribution in [3.05, 3.63) is 57.6 Å². The summed E-state index contributed by atoms with van der Waals surface area (Å²) in [6.45, 7) is 2.57. The van der Waals surface area contributed by atoms with Crippen LogP contribution in [0.4, 0.5) is 11.4 Å². The van der Waals surface area contributed by atoms with Crippen LogP contribution in [-0.2, 0) is 9.47 Å². The second-order valence-corrected chi connectivity index (χ2v) is 6.72. The van der Waals surface area contributed by atoms with Crippen LogP contribution in [0.25, 0.3) is 0 Å². The van der Waals surface area contributed by atoms with Crippen LogP contribution >= 0.6 is 23.2 Å². The lowest BCUT2D eigenvalue weighted by Crippen LogP contribution is -2.36. The lowest BCUT2D eigenvalue weighted by atomic mass is 10.1. The molecule has 0 aliphatic carbocycles. The van der Waals surface area contributed by atoms with E-state index in [4.69, 9.17) is 32.7 Å². The maximum atomic E-state index is 12.7. The summed E-state index contributed by atoms with van der Waals surface area (Å²) >= 11 is 11.9. The number of nitrogens with one attached hydrogen (secondary N) is 1. The molecule has 2 aromatic rings. The van der Waals surface area contributed by atoms with Gasteiger partial charge in [-0.2, -0.15) is 0 Å². The van der Waals surface area contributed by atoms with Gasteiger partial charge in [0.2, 0.25) is 0 Å². The number of amides is 1. The van der Waals surface area contributed by atoms with Crippen LogP contribution < -0.4 is 10.2 Å². The number of hydrogen-bond acceptors (Lipinski definition) is 5. The standard InChI is InChI=1S/C19H18Cl2N2O4/c1-26-19(25)13-3-5-17(23-6-8-27-9-7-23)16(11-13)22-18(24)12-2-4-14(20)15(21)10-12/h2-5,10-11H,6-9H2,1H3,(H,22,24). The van der Waals surface area contributed by atoms with Crippen molar-refractivity contribution in [2.45, 2.75) is 0 Å². The first-order valence-corrected chi connectivity index (χ1v) is 9.06. The average molecular weight is 409 g/mol. The highest BCUT2D eigenvalue weighted by molar-refractivity contribution is 6.42. The zero-order chi connectivity index (χ0) is 19.4. The summed E-state index contributed by atoms with van der Waals surface area (Å²) in [5.41, 5.74) is 2.02. The molecule has 0 spiro atoms. The summed E-state index contributed by atoms with van der Waals surface area (Å²) in [5, 5.41) is 3.52. The van der Waals surface area contributed by atoms with Crippen molar-refractivity contribution in [1.82, 2.24) is 0 Å². The van der Waals surface area contributed by atoms with Gasteiger partial charge in [0.15, 0.2) is 0 Å². The molecule has 27 heavy (non-hydrogen) atoms. The van der Waals surface area contributed by atoms with Crippen molar-refractivity contribution >= 4 is 46.5 Å². The number of esters is 1. The maximum Gasteiger partial charge on any atom is 0.337 e. The number of benzene rings is 2. The summed E-state index contributed by atoms with van der Waals surface area (Å²) < 4.78 is 10.2. The zero-order valence-electron chi connectivity index (χ0n) is 14.6. The van der Waals surface area contributed by atoms with Gasteiger partial charge in [0, 0.05) is 18.7 Å². The SMILES string of the molecule is COC(=O)c1ccc(N2CCOCC2)c(NC(=O)c2ccc(Cl)c(Cl)c2)c1. The molecular weight excluding hydrogens is 391 g/mol. The van der Waals surface area contributed by atoms with Crippen molar-refractivity contribution in [2.24, 2.45) is 0 Å². The van der Waals surface area contributed by atoms with Crippen LogP contribution in [0, 0.1) is 0 Å². The predicted octanol–water partition coefficient (Wildman–Crippen LogP) is 3.87. The molecule has 1 heterocycles. The lowest BCUT2D eigenvalue weighted by molar-refractivity contribution is 0.0600. The molecule has 1 N–H and O–H groups in total. The third-order valence-electron chi connectivity index (χ3n) is 4.20. The van der Waals surface area contributed by atoms with Crippen LogP contribution in [0.3, 0.4) is 0 Å². The molecule has 6 nitrogen and oxygen atoms in total. The van der Waals surface area contributed by atoms with Crippen molar-refractivity contribution in [1.29, 1.82) is 0 Å². The van der Waals surface area contributed by atoms with E-state index in [1.807, 2.05) is 0 Å². The first kappa shape index (κ1) is 19.5. The summed E-state index contributed by atoms with van der Waals surface area (Å²) in [4.78, 5) is 26.7. The van der Waals surface area contributed by atoms with Gasteiger partial charge in [-0.3, -0.25) is 4.79 Å². The molecule has 1 amide bonds. The van der Waals surface area contributed by atoms with Gasteiger partial charge in [-0.05, 0) is 36.4 Å². The second kappa shape index (κ2) is 8.61. The van der Waals surface area contributed by atoms with E-state index in [-0.39, 0.29) is 5.91 Å². The van der Waals surface area contributed by atoms with Crippen LogP contribution in [0.5, 0.6) is 0 Å². The number of methoxy groups -OCH3 is 1. The molecule has 1 aliphatic heterocycles. The first-order valence-electron chi connectivity index (χ1n) is 8.31. The van der Waals surface area contributed by atoms with Crippen molar-refractivity contribution in [3.63, 3.8) is 0 Å². The van der Waals surface area contributed by atoms with Crippen molar-refractivity contribution in [2.75, 3.05) is 43.6 Å². The molecule has 142 valence electrons. The molecule has 1 saturated heterocycles. The Balaban J connectivity index is 1.93. The van der Waals surface area contributed by atoms with E-state index in [9.17, 15) is 9.59 Å². The number of ether oxygens (including phenoxy) is 2. The van der Waals surface area contributed by atoms with Crippen LogP contribution in [-0.4, -0.2) is 45.3 Å². The second-order valence-electron chi connectivity index (χ2n) is 5.91. The third kappa shape index (κ3) is 4.53. The molecule has 0 aromatic heterocycles. The van der Waals surface area contributed by atoms with Gasteiger partial charge in [0.05, 0.1) is 47.3 Å². The van der Waals surface area contributed by atoms with Crippen LogP contribution in [0.1, 0.15) is 20.7 Å². The molecule has 1 aliphatic rings. The van der Waals surface area contributed by atoms with Crippen molar-refractivity contribution in [3.8, 4) is 0 Å². The quantitative estimate of drug-likeness (QED) is 0.777. The molecule has 0 unspecified atom stereocenters. The first-order chi connectivity index (χ1) is 13.0. The third-order valence-corrected chi connectivity index (χ3v) is 4.94. The van der Waals surface area contributed by atoms with E-state index in [1.54, 1.807) is 30.3 Å². The molecule has 0 bridgehead atoms. The van der Waals surface area contributed by atoms with E-state index in [2.05, 4.69) is 10.2 Å². The fraction of sp³-hybridized carbons (Fsp3) is 0.263. The Bertz CT molecular complexity index is 867. The fourth-order valence-corrected chi connectivity index (χ4v) is 3.09. The number of rotatable bonds is 4. The molecule has 1 fully saturated rings. The highest BCUT2D eigenvalue weighted by atomic mass is 35.5. The number of carbonyl (C=O) groups is 2. The molecule has 0 saturated carbocycles. The van der Waals surface area contributed by atoms with E-state index in [0.29, 0.717) is 53.2 Å². The van der Waals surface area contributed by atoms with Gasteiger partial charge in [-0.1, -0.05) is 23.2 Å².